The first-order valence-electron chi connectivity index (χ1n) is 7.31. The highest BCUT2D eigenvalue weighted by atomic mass is 35.5. The molecule has 0 aliphatic rings. The van der Waals surface area contributed by atoms with E-state index in [4.69, 9.17) is 34.3 Å². The molecule has 4 N–H and O–H groups in total. The van der Waals surface area contributed by atoms with Gasteiger partial charge in [-0.3, -0.25) is 9.78 Å². The molecule has 7 nitrogen and oxygen atoms in total. The Morgan fingerprint density at radius 3 is 2.64 bits per heavy atom. The molecule has 0 fully saturated rings. The van der Waals surface area contributed by atoms with E-state index < -0.39 is 11.5 Å². The van der Waals surface area contributed by atoms with E-state index in [2.05, 4.69) is 15.0 Å². The zero-order chi connectivity index (χ0) is 18.1. The summed E-state index contributed by atoms with van der Waals surface area (Å²) in [5.74, 6) is -0.728. The molecule has 0 saturated heterocycles. The van der Waals surface area contributed by atoms with Crippen molar-refractivity contribution >= 4 is 46.6 Å². The van der Waals surface area contributed by atoms with E-state index in [1.165, 1.54) is 0 Å². The van der Waals surface area contributed by atoms with Gasteiger partial charge in [0.25, 0.3) is 5.56 Å². The zero-order valence-corrected chi connectivity index (χ0v) is 14.6. The van der Waals surface area contributed by atoms with Gasteiger partial charge in [-0.1, -0.05) is 23.7 Å². The molecule has 0 aliphatic heterocycles. The van der Waals surface area contributed by atoms with Crippen molar-refractivity contribution in [2.45, 2.75) is 6.92 Å². The fraction of sp³-hybridized carbons (Fsp3) is 0.125. The number of anilines is 1. The highest BCUT2D eigenvalue weighted by molar-refractivity contribution is 7.71. The molecule has 25 heavy (non-hydrogen) atoms. The molecule has 0 spiro atoms. The number of aromatic nitrogens is 3. The Hall–Kier alpha value is -2.71. The zero-order valence-electron chi connectivity index (χ0n) is 13.1. The lowest BCUT2D eigenvalue weighted by atomic mass is 9.97. The van der Waals surface area contributed by atoms with Crippen LogP contribution < -0.4 is 11.3 Å². The van der Waals surface area contributed by atoms with Gasteiger partial charge in [0.2, 0.25) is 0 Å². The molecule has 0 aliphatic carbocycles. The number of nitrogens with one attached hydrogen (secondary N) is 2. The Labute approximate surface area is 151 Å². The van der Waals surface area contributed by atoms with Crippen LogP contribution in [0.3, 0.4) is 0 Å². The molecule has 0 unspecified atom stereocenters. The molecule has 0 bridgehead atoms. The van der Waals surface area contributed by atoms with Gasteiger partial charge >= 0.3 is 5.97 Å². The van der Waals surface area contributed by atoms with Crippen LogP contribution in [0.1, 0.15) is 17.3 Å². The van der Waals surface area contributed by atoms with Crippen LogP contribution in [0.15, 0.2) is 29.1 Å². The second-order valence-corrected chi connectivity index (χ2v) is 5.95. The topological polar surface area (TPSA) is 114 Å². The predicted molar refractivity (Wildman–Crippen MR) is 98.4 cm³/mol. The molecule has 2 heterocycles. The monoisotopic (exact) mass is 376 g/mol. The van der Waals surface area contributed by atoms with Crippen LogP contribution in [0.25, 0.3) is 22.2 Å². The van der Waals surface area contributed by atoms with Crippen LogP contribution in [-0.4, -0.2) is 27.5 Å². The van der Waals surface area contributed by atoms with E-state index in [-0.39, 0.29) is 33.8 Å². The average molecular weight is 377 g/mol. The number of nitrogens with two attached hydrogens (primary N) is 1. The molecule has 0 amide bonds. The number of ether oxygens (including phenoxy) is 1. The molecule has 9 heteroatoms. The maximum Gasteiger partial charge on any atom is 0.342 e. The first kappa shape index (κ1) is 17.1. The summed E-state index contributed by atoms with van der Waals surface area (Å²) in [5.41, 5.74) is 6.58. The molecular weight excluding hydrogens is 364 g/mol. The molecular formula is C16H13ClN4O3S. The number of nitrogen functional groups attached to an aromatic ring is 1. The van der Waals surface area contributed by atoms with Gasteiger partial charge in [0.1, 0.15) is 17.0 Å². The second-order valence-electron chi connectivity index (χ2n) is 5.11. The number of nitrogens with zero attached hydrogens (tertiary/aromatic N) is 1. The van der Waals surface area contributed by atoms with Gasteiger partial charge < -0.3 is 15.5 Å². The summed E-state index contributed by atoms with van der Waals surface area (Å²) < 4.78 is 5.19. The number of carbonyl (C=O) groups is 1. The number of carbonyl (C=O) groups excluding carboxylic acids is 1. The number of fused-ring (bicyclic) bond motifs is 1. The van der Waals surface area contributed by atoms with Crippen molar-refractivity contribution in [3.63, 3.8) is 0 Å². The fourth-order valence-corrected chi connectivity index (χ4v) is 2.85. The Morgan fingerprint density at radius 2 is 2.00 bits per heavy atom. The summed E-state index contributed by atoms with van der Waals surface area (Å²) in [5, 5.41) is 0.675. The van der Waals surface area contributed by atoms with Gasteiger partial charge in [-0.05, 0) is 36.8 Å². The summed E-state index contributed by atoms with van der Waals surface area (Å²) in [6, 6.07) is 6.65. The number of hydrogen-bond donors (Lipinski definition) is 3. The van der Waals surface area contributed by atoms with Crippen molar-refractivity contribution < 1.29 is 9.53 Å². The lowest BCUT2D eigenvalue weighted by molar-refractivity contribution is 0.0528. The van der Waals surface area contributed by atoms with Gasteiger partial charge in [-0.2, -0.15) is 0 Å². The Bertz CT molecular complexity index is 1090. The number of esters is 1. The number of hydrogen-bond acceptors (Lipinski definition) is 6. The van der Waals surface area contributed by atoms with Gasteiger partial charge in [0, 0.05) is 10.6 Å². The van der Waals surface area contributed by atoms with Crippen LogP contribution >= 0.6 is 23.8 Å². The lowest BCUT2D eigenvalue weighted by Gasteiger charge is -2.14. The van der Waals surface area contributed by atoms with Gasteiger partial charge in [0.15, 0.2) is 4.77 Å². The highest BCUT2D eigenvalue weighted by Crippen LogP contribution is 2.33. The fourth-order valence-electron chi connectivity index (χ4n) is 2.53. The standard InChI is InChI=1S/C16H13ClN4O3S/c1-2-24-15(23)10-9(7-3-5-8(17)6-4-7)11-13(19-12(10)18)20-16(25)21-14(11)22/h3-6H,2H2,1H3,(H4,18,19,20,21,22,25). The molecule has 0 saturated carbocycles. The summed E-state index contributed by atoms with van der Waals surface area (Å²) >= 11 is 10.9. The molecule has 3 aromatic rings. The Kier molecular flexibility index (Phi) is 4.56. The predicted octanol–water partition coefficient (Wildman–Crippen LogP) is 3.06. The summed E-state index contributed by atoms with van der Waals surface area (Å²) in [6.45, 7) is 1.83. The first-order valence-corrected chi connectivity index (χ1v) is 8.09. The number of pyridine rings is 1. The summed E-state index contributed by atoms with van der Waals surface area (Å²) in [4.78, 5) is 34.3. The maximum absolute atomic E-state index is 12.5. The number of halogens is 1. The summed E-state index contributed by atoms with van der Waals surface area (Å²) in [6.07, 6.45) is 0. The molecule has 1 aromatic carbocycles. The molecule has 0 radical (unpaired) electrons. The van der Waals surface area contributed by atoms with Crippen LogP contribution in [0.5, 0.6) is 0 Å². The van der Waals surface area contributed by atoms with E-state index in [0.717, 1.165) is 0 Å². The number of aromatic amines is 2. The summed E-state index contributed by atoms with van der Waals surface area (Å²) in [7, 11) is 0. The Morgan fingerprint density at radius 1 is 1.32 bits per heavy atom. The maximum atomic E-state index is 12.5. The van der Waals surface area contributed by atoms with Gasteiger partial charge in [-0.25, -0.2) is 9.78 Å². The Balaban J connectivity index is 2.49. The van der Waals surface area contributed by atoms with Crippen molar-refractivity contribution in [1.82, 2.24) is 15.0 Å². The van der Waals surface area contributed by atoms with E-state index in [0.29, 0.717) is 16.1 Å². The minimum Gasteiger partial charge on any atom is -0.462 e. The number of H-pyrrole nitrogens is 2. The number of rotatable bonds is 3. The smallest absolute Gasteiger partial charge is 0.342 e. The minimum absolute atomic E-state index is 0.0210. The SMILES string of the molecule is CCOC(=O)c1c(N)nc2[nH]c(=S)[nH]c(=O)c2c1-c1ccc(Cl)cc1. The van der Waals surface area contributed by atoms with Gasteiger partial charge in [0.05, 0.1) is 12.0 Å². The van der Waals surface area contributed by atoms with E-state index in [1.807, 2.05) is 0 Å². The first-order chi connectivity index (χ1) is 11.9. The van der Waals surface area contributed by atoms with Crippen molar-refractivity contribution in [1.29, 1.82) is 0 Å². The normalized spacial score (nSPS) is 10.8. The van der Waals surface area contributed by atoms with Crippen molar-refractivity contribution in [3.05, 3.63) is 50.0 Å². The largest absolute Gasteiger partial charge is 0.462 e. The third kappa shape index (κ3) is 3.13. The quantitative estimate of drug-likeness (QED) is 0.478. The van der Waals surface area contributed by atoms with Crippen LogP contribution in [0.2, 0.25) is 5.02 Å². The average Bonchev–Trinajstić information content (AvgIpc) is 2.54. The van der Waals surface area contributed by atoms with E-state index in [9.17, 15) is 9.59 Å². The second kappa shape index (κ2) is 6.66. The third-order valence-electron chi connectivity index (χ3n) is 3.52. The van der Waals surface area contributed by atoms with Crippen LogP contribution in [0.4, 0.5) is 5.82 Å². The van der Waals surface area contributed by atoms with Crippen molar-refractivity contribution in [2.24, 2.45) is 0 Å². The van der Waals surface area contributed by atoms with E-state index >= 15 is 0 Å². The van der Waals surface area contributed by atoms with Crippen molar-refractivity contribution in [2.75, 3.05) is 12.3 Å². The van der Waals surface area contributed by atoms with E-state index in [1.54, 1.807) is 31.2 Å². The lowest BCUT2D eigenvalue weighted by Crippen LogP contribution is -2.17. The molecule has 3 rings (SSSR count). The molecule has 0 atom stereocenters. The number of benzene rings is 1. The van der Waals surface area contributed by atoms with Crippen LogP contribution in [0, 0.1) is 4.77 Å². The van der Waals surface area contributed by atoms with Crippen molar-refractivity contribution in [3.8, 4) is 11.1 Å². The highest BCUT2D eigenvalue weighted by Gasteiger charge is 2.24. The third-order valence-corrected chi connectivity index (χ3v) is 3.98. The minimum atomic E-state index is -0.666. The van der Waals surface area contributed by atoms with Crippen LogP contribution in [-0.2, 0) is 4.74 Å². The molecule has 2 aromatic heterocycles. The molecule has 128 valence electrons. The van der Waals surface area contributed by atoms with Gasteiger partial charge in [-0.15, -0.1) is 0 Å².